The molecule has 1 saturated carbocycles. The number of benzene rings is 1. The minimum atomic E-state index is 0.967. The molecule has 2 rings (SSSR count). The van der Waals surface area contributed by atoms with E-state index in [1.54, 1.807) is 0 Å². The van der Waals surface area contributed by atoms with Crippen LogP contribution in [0.25, 0.3) is 0 Å². The van der Waals surface area contributed by atoms with Gasteiger partial charge in [-0.05, 0) is 37.3 Å². The molecule has 0 heterocycles. The zero-order valence-electron chi connectivity index (χ0n) is 7.50. The highest BCUT2D eigenvalue weighted by Crippen LogP contribution is 2.40. The Bertz CT molecular complexity index is 309. The highest BCUT2D eigenvalue weighted by atomic mass is 79.9. The Labute approximate surface area is 102 Å². The molecule has 0 aliphatic heterocycles. The molecule has 0 spiro atoms. The molecule has 5 radical (unpaired) electrons. The molecule has 71 valence electrons. The van der Waals surface area contributed by atoms with Crippen LogP contribution in [0, 0.1) is 30.0 Å². The van der Waals surface area contributed by atoms with Crippen LogP contribution in [0.15, 0.2) is 28.7 Å². The molecular weight excluding hydrogens is 304 g/mol. The second-order valence-electron chi connectivity index (χ2n) is 3.17. The van der Waals surface area contributed by atoms with Crippen molar-refractivity contribution >= 4 is 31.9 Å². The summed E-state index contributed by atoms with van der Waals surface area (Å²) in [6, 6.07) is 8.32. The fourth-order valence-corrected chi connectivity index (χ4v) is 2.28. The molecule has 1 aliphatic rings. The van der Waals surface area contributed by atoms with Crippen LogP contribution >= 0.6 is 31.9 Å². The zero-order chi connectivity index (χ0) is 9.97. The van der Waals surface area contributed by atoms with Crippen LogP contribution in [-0.2, 0) is 6.42 Å². The summed E-state index contributed by atoms with van der Waals surface area (Å²) in [6.45, 7) is 0. The largest absolute Gasteiger partial charge is 0.0828 e. The molecular formula is C12H9Br2. The second-order valence-corrected chi connectivity index (χ2v) is 4.88. The van der Waals surface area contributed by atoms with E-state index in [0.717, 1.165) is 6.42 Å². The van der Waals surface area contributed by atoms with Gasteiger partial charge in [0.15, 0.2) is 0 Å². The number of hydrogen-bond donors (Lipinski definition) is 0. The van der Waals surface area contributed by atoms with Crippen molar-refractivity contribution in [1.82, 2.24) is 0 Å². The first kappa shape index (κ1) is 10.7. The maximum Gasteiger partial charge on any atom is 0.0521 e. The van der Waals surface area contributed by atoms with Gasteiger partial charge < -0.3 is 0 Å². The van der Waals surface area contributed by atoms with Crippen LogP contribution < -0.4 is 0 Å². The monoisotopic (exact) mass is 311 g/mol. The van der Waals surface area contributed by atoms with Gasteiger partial charge in [0.05, 0.1) is 4.83 Å². The predicted molar refractivity (Wildman–Crippen MR) is 66.2 cm³/mol. The molecule has 1 aliphatic carbocycles. The Morgan fingerprint density at radius 1 is 1.00 bits per heavy atom. The Kier molecular flexibility index (Phi) is 3.67. The molecule has 0 atom stereocenters. The van der Waals surface area contributed by atoms with E-state index < -0.39 is 0 Å². The third kappa shape index (κ3) is 2.40. The van der Waals surface area contributed by atoms with Crippen molar-refractivity contribution in [2.24, 2.45) is 0 Å². The van der Waals surface area contributed by atoms with E-state index in [2.05, 4.69) is 69.3 Å². The second kappa shape index (κ2) is 4.80. The fourth-order valence-electron chi connectivity index (χ4n) is 1.43. The lowest BCUT2D eigenvalue weighted by molar-refractivity contribution is 1.03. The van der Waals surface area contributed by atoms with Gasteiger partial charge in [-0.15, -0.1) is 0 Å². The summed E-state index contributed by atoms with van der Waals surface area (Å²) in [5.74, 6) is 1.33. The van der Waals surface area contributed by atoms with E-state index in [9.17, 15) is 0 Å². The Balaban J connectivity index is 2.07. The molecule has 0 amide bonds. The number of halogens is 2. The maximum absolute atomic E-state index is 3.55. The summed E-state index contributed by atoms with van der Waals surface area (Å²) >= 11 is 7.08. The molecule has 0 unspecified atom stereocenters. The lowest BCUT2D eigenvalue weighted by Gasteiger charge is -2.13. The van der Waals surface area contributed by atoms with Crippen molar-refractivity contribution in [2.45, 2.75) is 6.42 Å². The molecule has 2 heteroatoms. The first-order chi connectivity index (χ1) is 6.77. The number of hydrogen-bond acceptors (Lipinski definition) is 0. The molecule has 0 N–H and O–H groups in total. The minimum Gasteiger partial charge on any atom is -0.0828 e. The summed E-state index contributed by atoms with van der Waals surface area (Å²) in [7, 11) is 0. The van der Waals surface area contributed by atoms with Gasteiger partial charge in [0.25, 0.3) is 0 Å². The summed E-state index contributed by atoms with van der Waals surface area (Å²) < 4.78 is 1.17. The van der Waals surface area contributed by atoms with E-state index in [0.29, 0.717) is 0 Å². The highest BCUT2D eigenvalue weighted by Gasteiger charge is 2.27. The van der Waals surface area contributed by atoms with Crippen LogP contribution in [0.1, 0.15) is 5.56 Å². The Morgan fingerprint density at radius 2 is 1.79 bits per heavy atom. The SMILES string of the molecule is Br[C]1[CH][CH][CH][C]1Cc1ccccc1Br. The van der Waals surface area contributed by atoms with E-state index in [1.165, 1.54) is 20.8 Å². The average Bonchev–Trinajstić information content (AvgIpc) is 2.56. The standard InChI is InChI=1S/C12H9Br2/c13-11-6-2-1-4-9(11)8-10-5-3-7-12(10)14/h1-7H,8H2. The first-order valence-corrected chi connectivity index (χ1v) is 5.99. The number of rotatable bonds is 2. The van der Waals surface area contributed by atoms with E-state index in [1.807, 2.05) is 6.07 Å². The van der Waals surface area contributed by atoms with Crippen LogP contribution in [0.5, 0.6) is 0 Å². The normalized spacial score (nSPS) is 19.0. The Morgan fingerprint density at radius 3 is 2.43 bits per heavy atom. The fraction of sp³-hybridized carbons (Fsp3) is 0.0833. The molecule has 0 bridgehead atoms. The molecule has 14 heavy (non-hydrogen) atoms. The minimum absolute atomic E-state index is 0.967. The van der Waals surface area contributed by atoms with E-state index in [4.69, 9.17) is 0 Å². The summed E-state index contributed by atoms with van der Waals surface area (Å²) in [6.07, 6.45) is 7.25. The van der Waals surface area contributed by atoms with Crippen molar-refractivity contribution in [2.75, 3.05) is 0 Å². The molecule has 1 aromatic carbocycles. The topological polar surface area (TPSA) is 0 Å². The summed E-state index contributed by atoms with van der Waals surface area (Å²) in [5, 5.41) is 0. The Hall–Kier alpha value is 0.180. The molecule has 1 fully saturated rings. The van der Waals surface area contributed by atoms with Crippen LogP contribution in [0.3, 0.4) is 0 Å². The molecule has 0 saturated heterocycles. The smallest absolute Gasteiger partial charge is 0.0521 e. The third-order valence-electron chi connectivity index (χ3n) is 2.19. The van der Waals surface area contributed by atoms with Gasteiger partial charge in [-0.1, -0.05) is 50.1 Å². The van der Waals surface area contributed by atoms with E-state index >= 15 is 0 Å². The molecule has 0 nitrogen and oxygen atoms in total. The van der Waals surface area contributed by atoms with Gasteiger partial charge >= 0.3 is 0 Å². The molecule has 0 aromatic heterocycles. The first-order valence-electron chi connectivity index (χ1n) is 4.41. The van der Waals surface area contributed by atoms with Crippen molar-refractivity contribution in [3.05, 3.63) is 64.3 Å². The lowest BCUT2D eigenvalue weighted by atomic mass is 9.98. The van der Waals surface area contributed by atoms with Crippen molar-refractivity contribution in [3.63, 3.8) is 0 Å². The quantitative estimate of drug-likeness (QED) is 0.770. The van der Waals surface area contributed by atoms with Crippen LogP contribution in [-0.4, -0.2) is 0 Å². The van der Waals surface area contributed by atoms with Gasteiger partial charge in [0, 0.05) is 10.4 Å². The third-order valence-corrected chi connectivity index (χ3v) is 3.73. The predicted octanol–water partition coefficient (Wildman–Crippen LogP) is 4.12. The van der Waals surface area contributed by atoms with Gasteiger partial charge in [0.1, 0.15) is 0 Å². The van der Waals surface area contributed by atoms with Crippen molar-refractivity contribution in [1.29, 1.82) is 0 Å². The summed E-state index contributed by atoms with van der Waals surface area (Å²) in [4.78, 5) is 1.19. The van der Waals surface area contributed by atoms with Crippen molar-refractivity contribution in [3.8, 4) is 0 Å². The lowest BCUT2D eigenvalue weighted by Crippen LogP contribution is -2.02. The van der Waals surface area contributed by atoms with Crippen molar-refractivity contribution < 1.29 is 0 Å². The van der Waals surface area contributed by atoms with Crippen LogP contribution in [0.4, 0.5) is 0 Å². The zero-order valence-corrected chi connectivity index (χ0v) is 10.7. The van der Waals surface area contributed by atoms with Gasteiger partial charge in [-0.2, -0.15) is 0 Å². The van der Waals surface area contributed by atoms with Gasteiger partial charge in [-0.3, -0.25) is 0 Å². The average molecular weight is 313 g/mol. The van der Waals surface area contributed by atoms with Gasteiger partial charge in [0.2, 0.25) is 0 Å². The van der Waals surface area contributed by atoms with Crippen LogP contribution in [0.2, 0.25) is 0 Å². The maximum atomic E-state index is 3.55. The van der Waals surface area contributed by atoms with Gasteiger partial charge in [-0.25, -0.2) is 0 Å². The summed E-state index contributed by atoms with van der Waals surface area (Å²) in [5.41, 5.74) is 1.32. The molecule has 1 aromatic rings. The van der Waals surface area contributed by atoms with E-state index in [-0.39, 0.29) is 0 Å². The highest BCUT2D eigenvalue weighted by molar-refractivity contribution is 9.11.